The number of Topliss-reactive ketones (excluding diaryl/α,β-unsaturated/α-hetero) is 3. The zero-order valence-electron chi connectivity index (χ0n) is 62.0. The van der Waals surface area contributed by atoms with Crippen LogP contribution in [0.15, 0.2) is 67.5 Å². The molecule has 0 bridgehead atoms. The molecule has 0 saturated carbocycles. The van der Waals surface area contributed by atoms with E-state index in [1.54, 1.807) is 61.4 Å². The van der Waals surface area contributed by atoms with E-state index in [1.807, 2.05) is 0 Å². The van der Waals surface area contributed by atoms with Crippen LogP contribution in [0.25, 0.3) is 10.6 Å². The molecular formula is C64H75BBr4ClN20NaO17S5. The second-order valence-electron chi connectivity index (χ2n) is 22.3. The number of rotatable bonds is 19. The van der Waals surface area contributed by atoms with E-state index >= 15 is 0 Å². The van der Waals surface area contributed by atoms with Crippen LogP contribution in [0.5, 0.6) is 11.8 Å². The molecule has 6 atom stereocenters. The number of nitrogens with zero attached hydrogens (tertiary/aromatic N) is 13. The van der Waals surface area contributed by atoms with Crippen LogP contribution in [-0.4, -0.2) is 182 Å². The first-order valence-electron chi connectivity index (χ1n) is 32.2. The minimum atomic E-state index is -1.60. The number of aliphatic hydroxyl groups is 1. The molecule has 0 aromatic carbocycles. The van der Waals surface area contributed by atoms with Crippen LogP contribution in [0.2, 0.25) is 0 Å². The van der Waals surface area contributed by atoms with E-state index in [4.69, 9.17) is 56.4 Å². The number of carbonyl (C=O) groups excluding carboxylic acids is 9. The van der Waals surface area contributed by atoms with Crippen molar-refractivity contribution in [3.05, 3.63) is 130 Å². The first-order chi connectivity index (χ1) is 52.9. The molecule has 0 spiro atoms. The van der Waals surface area contributed by atoms with Gasteiger partial charge in [0.2, 0.25) is 35.5 Å². The summed E-state index contributed by atoms with van der Waals surface area (Å²) in [5.74, 6) is -3.22. The van der Waals surface area contributed by atoms with Crippen LogP contribution in [0.1, 0.15) is 156 Å². The first kappa shape index (κ1) is 99.8. The molecule has 4 amide bonds. The van der Waals surface area contributed by atoms with Crippen molar-refractivity contribution in [3.63, 3.8) is 0 Å². The van der Waals surface area contributed by atoms with Gasteiger partial charge in [0.15, 0.2) is 11.7 Å². The third-order valence-corrected chi connectivity index (χ3v) is 21.9. The summed E-state index contributed by atoms with van der Waals surface area (Å²) in [6, 6.07) is -1.96. The van der Waals surface area contributed by atoms with Gasteiger partial charge in [-0.3, -0.25) is 53.1 Å². The maximum Gasteiger partial charge on any atom is 1.00 e. The van der Waals surface area contributed by atoms with Crippen LogP contribution >= 0.6 is 133 Å². The van der Waals surface area contributed by atoms with Gasteiger partial charge in [0.25, 0.3) is 11.8 Å². The number of thiazole rings is 5. The summed E-state index contributed by atoms with van der Waals surface area (Å²) in [5.41, 5.74) is 33.2. The Bertz CT molecular complexity index is 4670. The number of amides is 4. The van der Waals surface area contributed by atoms with Crippen molar-refractivity contribution in [1.29, 1.82) is 0 Å². The number of hydrogen-bond donors (Lipinski definition) is 10. The van der Waals surface area contributed by atoms with Crippen molar-refractivity contribution in [3.8, 4) is 22.3 Å². The molecular weight excluding hydrogens is 1870 g/mol. The van der Waals surface area contributed by atoms with Gasteiger partial charge in [0, 0.05) is 32.6 Å². The number of esters is 2. The van der Waals surface area contributed by atoms with Crippen LogP contribution in [-0.2, 0) is 55.9 Å². The quantitative estimate of drug-likeness (QED) is 0.0315. The smallest absolute Gasteiger partial charge is 0.857 e. The minimum Gasteiger partial charge on any atom is -0.857 e. The summed E-state index contributed by atoms with van der Waals surface area (Å²) >= 11 is 20.5. The molecule has 1 fully saturated rings. The number of fused-ring (bicyclic) bond motifs is 2. The van der Waals surface area contributed by atoms with Crippen molar-refractivity contribution >= 4 is 210 Å². The Morgan fingerprint density at radius 2 is 1.06 bits per heavy atom. The molecule has 12 rings (SSSR count). The number of ether oxygens (including phenoxy) is 4. The fourth-order valence-electron chi connectivity index (χ4n) is 10.1. The number of carbonyl (C=O) groups is 9. The van der Waals surface area contributed by atoms with Gasteiger partial charge in [-0.1, -0.05) is 0 Å². The Labute approximate surface area is 728 Å². The summed E-state index contributed by atoms with van der Waals surface area (Å²) in [5, 5.41) is 43.7. The summed E-state index contributed by atoms with van der Waals surface area (Å²) in [4.78, 5) is 159. The van der Waals surface area contributed by atoms with Crippen molar-refractivity contribution in [1.82, 2.24) is 86.1 Å². The normalized spacial score (nSPS) is 15.1. The average molecular weight is 1950 g/mol. The van der Waals surface area contributed by atoms with Gasteiger partial charge >= 0.3 is 48.6 Å². The number of aliphatic hydroxyl groups excluding tert-OH is 1. The molecule has 113 heavy (non-hydrogen) atoms. The summed E-state index contributed by atoms with van der Waals surface area (Å²) in [6.45, 7) is 10.2. The first-order valence-corrected chi connectivity index (χ1v) is 39.8. The summed E-state index contributed by atoms with van der Waals surface area (Å²) < 4.78 is 22.8. The van der Waals surface area contributed by atoms with Gasteiger partial charge in [-0.15, -0.1) is 69.1 Å². The third-order valence-electron chi connectivity index (χ3n) is 14.7. The zero-order valence-corrected chi connectivity index (χ0v) is 75.2. The maximum atomic E-state index is 12.6. The molecule has 49 heteroatoms. The van der Waals surface area contributed by atoms with Crippen LogP contribution in [0.4, 0.5) is 11.9 Å². The van der Waals surface area contributed by atoms with Crippen molar-refractivity contribution in [2.75, 3.05) is 53.1 Å². The van der Waals surface area contributed by atoms with Crippen molar-refractivity contribution in [2.24, 2.45) is 11.7 Å². The molecule has 3 aliphatic heterocycles. The number of nitrogens with two attached hydrogens (primary N) is 3. The molecule has 1 unspecified atom stereocenters. The monoisotopic (exact) mass is 1940 g/mol. The molecule has 37 nitrogen and oxygen atoms in total. The molecule has 12 heterocycles. The number of methoxy groups -OCH3 is 2. The van der Waals surface area contributed by atoms with Crippen molar-refractivity contribution in [2.45, 2.75) is 110 Å². The largest absolute Gasteiger partial charge is 1.00 e. The molecule has 3 aliphatic rings. The van der Waals surface area contributed by atoms with Gasteiger partial charge in [-0.25, -0.2) is 54.8 Å². The Morgan fingerprint density at radius 3 is 1.50 bits per heavy atom. The molecule has 9 aromatic heterocycles. The molecule has 13 N–H and O–H groups in total. The van der Waals surface area contributed by atoms with Gasteiger partial charge in [0.1, 0.15) is 17.3 Å². The van der Waals surface area contributed by atoms with Gasteiger partial charge < -0.3 is 77.7 Å². The topological polar surface area (TPSA) is 568 Å². The number of nitrogens with one attached hydrogen (secondary N) is 4. The van der Waals surface area contributed by atoms with E-state index in [9.17, 15) is 43.2 Å². The van der Waals surface area contributed by atoms with Gasteiger partial charge in [-0.05, 0) is 105 Å². The van der Waals surface area contributed by atoms with Crippen LogP contribution in [0.3, 0.4) is 0 Å². The van der Waals surface area contributed by atoms with Crippen LogP contribution in [0, 0.1) is 19.8 Å². The number of ketones is 3. The fraction of sp³-hybridized carbons (Fsp3) is 0.375. The van der Waals surface area contributed by atoms with E-state index in [2.05, 4.69) is 150 Å². The van der Waals surface area contributed by atoms with Gasteiger partial charge in [0.05, 0.1) is 211 Å². The molecule has 1 saturated heterocycles. The predicted molar refractivity (Wildman–Crippen MR) is 429 cm³/mol. The molecule has 0 radical (unpaired) electrons. The SMILES string of the molecule is CC(=O)C1C(=O)C[C@H](c2ncsc2Br)NC1=O.CCOC(=O)C[C@@H](N)c1ncsc1Br.CCOC(=O)C[C@@H](NC(=O)CC(C)=O)c1ncsc1Br.CO.COc1cncc(-c2scnc2[C@H]2Cc3nc(N)nc(C)c3C(=O)N2)n1.COc1cncc(B(O)O)n1.C[O-].Cc1nc(N)nc2c1C(=O)N[C@@H](c1ncsc1Br)C2.Cl.[Na+]. The maximum absolute atomic E-state index is 12.6. The van der Waals surface area contributed by atoms with Crippen LogP contribution < -0.4 is 88.2 Å². The fourth-order valence-corrected chi connectivity index (χ4v) is 15.8. The van der Waals surface area contributed by atoms with E-state index < -0.39 is 54.7 Å². The average Bonchev–Trinajstić information content (AvgIpc) is 1.72. The summed E-state index contributed by atoms with van der Waals surface area (Å²) in [7, 11) is 3.11. The molecule has 602 valence electrons. The Morgan fingerprint density at radius 1 is 0.619 bits per heavy atom. The van der Waals surface area contributed by atoms with E-state index in [0.29, 0.717) is 87.7 Å². The molecule has 0 aliphatic carbocycles. The number of anilines is 2. The Kier molecular flexibility index (Phi) is 44.3. The number of aromatic nitrogens is 13. The Balaban J connectivity index is 0.000000353. The number of piperidine rings is 1. The van der Waals surface area contributed by atoms with Crippen molar-refractivity contribution < 1.29 is 112 Å². The van der Waals surface area contributed by atoms with E-state index in [1.165, 1.54) is 103 Å². The predicted octanol–water partition coefficient (Wildman–Crippen LogP) is 2.20. The summed E-state index contributed by atoms with van der Waals surface area (Å²) in [6.07, 6.45) is 6.88. The number of hydrogen-bond acceptors (Lipinski definition) is 38. The number of halogens is 5. The minimum absolute atomic E-state index is 0. The van der Waals surface area contributed by atoms with E-state index in [-0.39, 0.29) is 139 Å². The standard InChI is InChI=1S/C16H15N7O2S.C12H15BrN2O4S.C11H10BrN5OS.C10H9BrN2O3S.C8H11BrN2O2S.C5H7BN2O3.CH4O.CH3O.ClH.Na/c1-7-12-8(23-16(17)20-7)3-9(22-15(12)24)13-14(26-6-19-13)10-4-18-5-11(21-10)25-2;1-3-19-10(18)5-8(11-12(13)20-6-14-11)15-9(17)4-7(2)16;1-4-7-5(17-11(13)15-4)2-6(16-10(7)18)8-9(12)19-3-14-8;1-4(14)7-6(15)2-5(13-10(7)16)8-9(11)17-3-12-8;1-2-13-6(12)3-5(10)7-8(9)14-4-11-7;1-11-5-3-7-2-4(8-5)6(9)10;2*1-2;;/h4-6,9H,3H2,1-2H3,(H,22,24)(H2,17,20,23);6,8H,3-5H2,1-2H3,(H,15,17);3,6H,2H2,1H3,(H,16,18)(H2,13,15,17);3,5,7H,2H2,1H3,(H,13,16);4-5H,2-3,10H2,1H3;2-3,9-10H,1H3;2H,1H3;1H3;1H;/q;;;;;;;-1;;+1/t9-;8-;6-;5-,7?;5-;;;;;/m11111...../s1. The zero-order chi connectivity index (χ0) is 82.3. The third kappa shape index (κ3) is 29.7. The molecule has 9 aromatic rings. The number of nitrogen functional groups attached to an aromatic ring is 2. The second kappa shape index (κ2) is 50.1. The second-order valence-corrected chi connectivity index (χ2v) is 31.8. The van der Waals surface area contributed by atoms with E-state index in [0.717, 1.165) is 39.9 Å². The number of aryl methyl sites for hydroxylation is 2. The Hall–Kier alpha value is -7.43. The van der Waals surface area contributed by atoms with Gasteiger partial charge in [-0.2, -0.15) is 7.11 Å².